The Morgan fingerprint density at radius 1 is 1.28 bits per heavy atom. The second kappa shape index (κ2) is 7.88. The van der Waals surface area contributed by atoms with Crippen LogP contribution in [0.15, 0.2) is 23.6 Å². The largest absolute Gasteiger partial charge is 0.481 e. The number of amides is 1. The van der Waals surface area contributed by atoms with E-state index in [2.05, 4.69) is 15.3 Å². The molecule has 1 fully saturated rings. The van der Waals surface area contributed by atoms with Gasteiger partial charge in [0, 0.05) is 44.2 Å². The maximum atomic E-state index is 13.5. The zero-order valence-electron chi connectivity index (χ0n) is 13.9. The Bertz CT molecular complexity index is 745. The lowest BCUT2D eigenvalue weighted by molar-refractivity contribution is -0.135. The normalized spacial score (nSPS) is 15.4. The van der Waals surface area contributed by atoms with Crippen molar-refractivity contribution >= 4 is 17.2 Å². The molecule has 5 nitrogen and oxygen atoms in total. The number of rotatable bonds is 5. The van der Waals surface area contributed by atoms with Crippen LogP contribution >= 0.6 is 11.3 Å². The Labute approximate surface area is 148 Å². The first-order valence-corrected chi connectivity index (χ1v) is 8.88. The molecule has 0 aliphatic carbocycles. The monoisotopic (exact) mass is 367 g/mol. The third kappa shape index (κ3) is 4.73. The van der Waals surface area contributed by atoms with E-state index < -0.39 is 11.6 Å². The molecule has 1 aliphatic heterocycles. The first-order chi connectivity index (χ1) is 12.0. The Morgan fingerprint density at radius 3 is 2.68 bits per heavy atom. The summed E-state index contributed by atoms with van der Waals surface area (Å²) in [5.74, 6) is -1.81. The van der Waals surface area contributed by atoms with Gasteiger partial charge in [-0.2, -0.15) is 0 Å². The molecule has 0 bridgehead atoms. The van der Waals surface area contributed by atoms with Crippen LogP contribution in [0, 0.1) is 18.6 Å². The van der Waals surface area contributed by atoms with E-state index in [-0.39, 0.29) is 18.3 Å². The maximum Gasteiger partial charge on any atom is 0.260 e. The molecule has 8 heteroatoms. The van der Waals surface area contributed by atoms with Gasteiger partial charge in [0.25, 0.3) is 5.91 Å². The zero-order valence-corrected chi connectivity index (χ0v) is 14.7. The molecule has 0 saturated carbocycles. The molecular weight excluding hydrogens is 348 g/mol. The molecule has 134 valence electrons. The molecule has 0 N–H and O–H groups in total. The number of halogens is 2. The second-order valence-electron chi connectivity index (χ2n) is 5.88. The smallest absolute Gasteiger partial charge is 0.260 e. The van der Waals surface area contributed by atoms with Gasteiger partial charge in [-0.15, -0.1) is 11.3 Å². The van der Waals surface area contributed by atoms with E-state index in [0.29, 0.717) is 13.1 Å². The van der Waals surface area contributed by atoms with Crippen LogP contribution in [0.25, 0.3) is 0 Å². The highest BCUT2D eigenvalue weighted by molar-refractivity contribution is 7.09. The van der Waals surface area contributed by atoms with E-state index >= 15 is 0 Å². The number of nitrogens with zero attached hydrogens (tertiary/aromatic N) is 3. The molecule has 1 saturated heterocycles. The van der Waals surface area contributed by atoms with E-state index in [9.17, 15) is 13.6 Å². The fourth-order valence-corrected chi connectivity index (χ4v) is 3.29. The average molecular weight is 367 g/mol. The Kier molecular flexibility index (Phi) is 5.60. The number of thiazole rings is 1. The van der Waals surface area contributed by atoms with Gasteiger partial charge in [0.15, 0.2) is 18.2 Å². The topological polar surface area (TPSA) is 45.7 Å². The summed E-state index contributed by atoms with van der Waals surface area (Å²) in [4.78, 5) is 20.6. The summed E-state index contributed by atoms with van der Waals surface area (Å²) in [6.45, 7) is 5.21. The van der Waals surface area contributed by atoms with Gasteiger partial charge in [0.05, 0.1) is 10.7 Å². The van der Waals surface area contributed by atoms with Crippen LogP contribution in [-0.2, 0) is 11.3 Å². The lowest BCUT2D eigenvalue weighted by Gasteiger charge is -2.34. The van der Waals surface area contributed by atoms with Crippen molar-refractivity contribution in [2.24, 2.45) is 0 Å². The predicted molar refractivity (Wildman–Crippen MR) is 90.6 cm³/mol. The SMILES string of the molecule is Cc1nc(CN2CCN(C(=O)COc3ccc(F)cc3F)CC2)cs1. The van der Waals surface area contributed by atoms with Gasteiger partial charge in [0.1, 0.15) is 5.82 Å². The average Bonchev–Trinajstić information content (AvgIpc) is 2.99. The van der Waals surface area contributed by atoms with Crippen LogP contribution < -0.4 is 4.74 Å². The molecule has 1 aromatic heterocycles. The molecule has 0 unspecified atom stereocenters. The van der Waals surface area contributed by atoms with Gasteiger partial charge in [-0.05, 0) is 19.1 Å². The van der Waals surface area contributed by atoms with Crippen molar-refractivity contribution in [2.75, 3.05) is 32.8 Å². The van der Waals surface area contributed by atoms with Gasteiger partial charge in [-0.25, -0.2) is 13.8 Å². The molecule has 1 aliphatic rings. The van der Waals surface area contributed by atoms with Gasteiger partial charge in [-0.1, -0.05) is 0 Å². The van der Waals surface area contributed by atoms with Crippen LogP contribution in [0.5, 0.6) is 5.75 Å². The van der Waals surface area contributed by atoms with E-state index in [1.54, 1.807) is 16.2 Å². The van der Waals surface area contributed by atoms with Crippen molar-refractivity contribution in [1.29, 1.82) is 0 Å². The van der Waals surface area contributed by atoms with Crippen LogP contribution in [0.2, 0.25) is 0 Å². The minimum atomic E-state index is -0.809. The number of carbonyl (C=O) groups excluding carboxylic acids is 1. The van der Waals surface area contributed by atoms with E-state index in [0.717, 1.165) is 42.5 Å². The van der Waals surface area contributed by atoms with E-state index in [1.165, 1.54) is 6.07 Å². The standard InChI is InChI=1S/C17H19F2N3O2S/c1-12-20-14(11-25-12)9-21-4-6-22(7-5-21)17(23)10-24-16-3-2-13(18)8-15(16)19/h2-3,8,11H,4-7,9-10H2,1H3. The molecule has 0 spiro atoms. The highest BCUT2D eigenvalue weighted by Crippen LogP contribution is 2.18. The molecule has 0 radical (unpaired) electrons. The first-order valence-electron chi connectivity index (χ1n) is 8.00. The minimum Gasteiger partial charge on any atom is -0.481 e. The highest BCUT2D eigenvalue weighted by atomic mass is 32.1. The van der Waals surface area contributed by atoms with Crippen LogP contribution in [0.4, 0.5) is 8.78 Å². The molecule has 1 amide bonds. The predicted octanol–water partition coefficient (Wildman–Crippen LogP) is 2.45. The molecule has 1 aromatic carbocycles. The fraction of sp³-hybridized carbons (Fsp3) is 0.412. The van der Waals surface area contributed by atoms with Gasteiger partial charge in [0.2, 0.25) is 0 Å². The summed E-state index contributed by atoms with van der Waals surface area (Å²) in [6, 6.07) is 3.02. The lowest BCUT2D eigenvalue weighted by Crippen LogP contribution is -2.49. The van der Waals surface area contributed by atoms with Crippen LogP contribution in [0.1, 0.15) is 10.7 Å². The zero-order chi connectivity index (χ0) is 17.8. The Balaban J connectivity index is 1.45. The van der Waals surface area contributed by atoms with Crippen LogP contribution in [0.3, 0.4) is 0 Å². The lowest BCUT2D eigenvalue weighted by atomic mass is 10.3. The molecule has 2 heterocycles. The van der Waals surface area contributed by atoms with E-state index in [1.807, 2.05) is 6.92 Å². The second-order valence-corrected chi connectivity index (χ2v) is 6.94. The summed E-state index contributed by atoms with van der Waals surface area (Å²) in [5, 5.41) is 3.10. The van der Waals surface area contributed by atoms with Crippen molar-refractivity contribution in [3.63, 3.8) is 0 Å². The molecule has 2 aromatic rings. The molecule has 25 heavy (non-hydrogen) atoms. The summed E-state index contributed by atoms with van der Waals surface area (Å²) in [5.41, 5.74) is 1.05. The first kappa shape index (κ1) is 17.8. The number of aryl methyl sites for hydroxylation is 1. The Morgan fingerprint density at radius 2 is 2.04 bits per heavy atom. The number of carbonyl (C=O) groups is 1. The Hall–Kier alpha value is -2.06. The number of aromatic nitrogens is 1. The van der Waals surface area contributed by atoms with Crippen molar-refractivity contribution in [2.45, 2.75) is 13.5 Å². The van der Waals surface area contributed by atoms with Gasteiger partial charge in [-0.3, -0.25) is 9.69 Å². The van der Waals surface area contributed by atoms with Gasteiger partial charge < -0.3 is 9.64 Å². The number of ether oxygens (including phenoxy) is 1. The summed E-state index contributed by atoms with van der Waals surface area (Å²) in [7, 11) is 0. The third-order valence-corrected chi connectivity index (χ3v) is 4.84. The summed E-state index contributed by atoms with van der Waals surface area (Å²) in [6.07, 6.45) is 0. The summed E-state index contributed by atoms with van der Waals surface area (Å²) >= 11 is 1.63. The quantitative estimate of drug-likeness (QED) is 0.814. The highest BCUT2D eigenvalue weighted by Gasteiger charge is 2.22. The van der Waals surface area contributed by atoms with Crippen LogP contribution in [-0.4, -0.2) is 53.5 Å². The van der Waals surface area contributed by atoms with Crippen molar-refractivity contribution in [1.82, 2.24) is 14.8 Å². The number of hydrogen-bond donors (Lipinski definition) is 0. The maximum absolute atomic E-state index is 13.5. The molecule has 3 rings (SSSR count). The number of piperazine rings is 1. The minimum absolute atomic E-state index is 0.118. The molecular formula is C17H19F2N3O2S. The number of benzene rings is 1. The third-order valence-electron chi connectivity index (χ3n) is 4.02. The van der Waals surface area contributed by atoms with Gasteiger partial charge >= 0.3 is 0 Å². The van der Waals surface area contributed by atoms with Crippen molar-refractivity contribution < 1.29 is 18.3 Å². The fourth-order valence-electron chi connectivity index (χ4n) is 2.69. The van der Waals surface area contributed by atoms with Crippen molar-refractivity contribution in [3.8, 4) is 5.75 Å². The molecule has 0 atom stereocenters. The van der Waals surface area contributed by atoms with E-state index in [4.69, 9.17) is 4.74 Å². The number of hydrogen-bond acceptors (Lipinski definition) is 5. The van der Waals surface area contributed by atoms with Crippen molar-refractivity contribution in [3.05, 3.63) is 45.9 Å². The summed E-state index contributed by atoms with van der Waals surface area (Å²) < 4.78 is 31.5.